The van der Waals surface area contributed by atoms with Crippen molar-refractivity contribution >= 4 is 11.6 Å². The molecule has 0 heterocycles. The molecule has 0 N–H and O–H groups in total. The Morgan fingerprint density at radius 1 is 0.737 bits per heavy atom. The van der Waals surface area contributed by atoms with Crippen molar-refractivity contribution in [1.82, 2.24) is 0 Å². The van der Waals surface area contributed by atoms with Gasteiger partial charge in [0.05, 0.1) is 0 Å². The summed E-state index contributed by atoms with van der Waals surface area (Å²) in [6, 6.07) is 13.1. The zero-order valence-corrected chi connectivity index (χ0v) is 10.9. The van der Waals surface area contributed by atoms with Gasteiger partial charge in [-0.05, 0) is 22.6 Å². The molecule has 0 fully saturated rings. The molecule has 2 aromatic rings. The van der Waals surface area contributed by atoms with Crippen molar-refractivity contribution in [2.45, 2.75) is 19.8 Å². The summed E-state index contributed by atoms with van der Waals surface area (Å²) in [7, 11) is 0. The molecule has 0 aliphatic heterocycles. The molecule has 2 heteroatoms. The fourth-order valence-electron chi connectivity index (χ4n) is 2.68. The molecule has 1 aliphatic carbocycles. The van der Waals surface area contributed by atoms with Crippen LogP contribution in [-0.2, 0) is 0 Å². The number of Topliss-reactive ketones (excluding diaryl/α,β-unsaturated/α-hetero) is 2. The molecule has 0 unspecified atom stereocenters. The van der Waals surface area contributed by atoms with Gasteiger partial charge in [0.15, 0.2) is 0 Å². The molecule has 0 aromatic heterocycles. The molecule has 3 rings (SSSR count). The van der Waals surface area contributed by atoms with Gasteiger partial charge in [-0.15, -0.1) is 0 Å². The molecule has 19 heavy (non-hydrogen) atoms. The van der Waals surface area contributed by atoms with Crippen molar-refractivity contribution < 1.29 is 9.59 Å². The number of hydrogen-bond acceptors (Lipinski definition) is 2. The summed E-state index contributed by atoms with van der Waals surface area (Å²) in [4.78, 5) is 24.6. The number of carbonyl (C=O) groups excluding carboxylic acids is 2. The minimum atomic E-state index is -0.392. The van der Waals surface area contributed by atoms with Crippen LogP contribution in [0, 0.1) is 0 Å². The minimum Gasteiger partial charge on any atom is -0.285 e. The second-order valence-electron chi connectivity index (χ2n) is 5.13. The topological polar surface area (TPSA) is 34.1 Å². The van der Waals surface area contributed by atoms with Gasteiger partial charge < -0.3 is 0 Å². The van der Waals surface area contributed by atoms with E-state index in [2.05, 4.69) is 0 Å². The monoisotopic (exact) mass is 250 g/mol. The Hall–Kier alpha value is -2.22. The summed E-state index contributed by atoms with van der Waals surface area (Å²) in [5.41, 5.74) is 3.79. The Balaban J connectivity index is 2.39. The van der Waals surface area contributed by atoms with Gasteiger partial charge in [-0.2, -0.15) is 0 Å². The number of carbonyl (C=O) groups is 2. The van der Waals surface area contributed by atoms with Crippen LogP contribution in [0.3, 0.4) is 0 Å². The van der Waals surface area contributed by atoms with E-state index in [-0.39, 0.29) is 11.7 Å². The number of ketones is 2. The van der Waals surface area contributed by atoms with Crippen LogP contribution in [0.2, 0.25) is 0 Å². The van der Waals surface area contributed by atoms with Crippen LogP contribution in [0.1, 0.15) is 46.0 Å². The average Bonchev–Trinajstić information content (AvgIpc) is 2.44. The Kier molecular flexibility index (Phi) is 2.59. The number of rotatable bonds is 1. The molecule has 0 saturated heterocycles. The van der Waals surface area contributed by atoms with Crippen LogP contribution in [0.15, 0.2) is 42.5 Å². The van der Waals surface area contributed by atoms with Crippen LogP contribution in [0.25, 0.3) is 11.1 Å². The molecule has 2 nitrogen and oxygen atoms in total. The van der Waals surface area contributed by atoms with E-state index in [0.717, 1.165) is 16.7 Å². The zero-order chi connectivity index (χ0) is 13.6. The third-order valence-electron chi connectivity index (χ3n) is 3.61. The maximum absolute atomic E-state index is 12.4. The van der Waals surface area contributed by atoms with Gasteiger partial charge in [-0.1, -0.05) is 56.3 Å². The van der Waals surface area contributed by atoms with Gasteiger partial charge in [0.1, 0.15) is 0 Å². The third kappa shape index (κ3) is 1.64. The van der Waals surface area contributed by atoms with E-state index < -0.39 is 5.78 Å². The molecule has 0 bridgehead atoms. The van der Waals surface area contributed by atoms with Gasteiger partial charge in [-0.3, -0.25) is 9.59 Å². The molecule has 0 radical (unpaired) electrons. The molecule has 0 spiro atoms. The van der Waals surface area contributed by atoms with E-state index in [9.17, 15) is 9.59 Å². The summed E-state index contributed by atoms with van der Waals surface area (Å²) in [5.74, 6) is -0.550. The first-order valence-corrected chi connectivity index (χ1v) is 6.42. The molecule has 0 atom stereocenters. The first kappa shape index (κ1) is 11.8. The van der Waals surface area contributed by atoms with E-state index in [1.807, 2.05) is 44.2 Å². The molecular weight excluding hydrogens is 236 g/mol. The predicted molar refractivity (Wildman–Crippen MR) is 74.6 cm³/mol. The Labute approximate surface area is 112 Å². The summed E-state index contributed by atoms with van der Waals surface area (Å²) >= 11 is 0. The molecule has 94 valence electrons. The van der Waals surface area contributed by atoms with Crippen LogP contribution < -0.4 is 0 Å². The molecule has 2 aromatic carbocycles. The first-order valence-electron chi connectivity index (χ1n) is 6.42. The standard InChI is InChI=1S/C17H14O2/c1-10(2)11-8-5-9-13-12-6-3-4-7-14(12)16(18)17(19)15(11)13/h3-10H,1-2H3. The summed E-state index contributed by atoms with van der Waals surface area (Å²) in [5, 5.41) is 0. The van der Waals surface area contributed by atoms with Crippen molar-refractivity contribution in [1.29, 1.82) is 0 Å². The van der Waals surface area contributed by atoms with E-state index in [0.29, 0.717) is 11.1 Å². The lowest BCUT2D eigenvalue weighted by atomic mass is 9.79. The van der Waals surface area contributed by atoms with E-state index in [1.165, 1.54) is 0 Å². The van der Waals surface area contributed by atoms with Gasteiger partial charge in [0.2, 0.25) is 11.6 Å². The fraction of sp³-hybridized carbons (Fsp3) is 0.176. The van der Waals surface area contributed by atoms with Crippen LogP contribution in [0.4, 0.5) is 0 Å². The largest absolute Gasteiger partial charge is 0.285 e. The maximum atomic E-state index is 12.4. The Morgan fingerprint density at radius 2 is 1.37 bits per heavy atom. The normalized spacial score (nSPS) is 13.4. The predicted octanol–water partition coefficient (Wildman–Crippen LogP) is 3.86. The maximum Gasteiger partial charge on any atom is 0.234 e. The molecular formula is C17H14O2. The molecule has 1 aliphatic rings. The highest BCUT2D eigenvalue weighted by Gasteiger charge is 2.32. The lowest BCUT2D eigenvalue weighted by Crippen LogP contribution is -2.23. The quantitative estimate of drug-likeness (QED) is 0.720. The smallest absolute Gasteiger partial charge is 0.234 e. The van der Waals surface area contributed by atoms with E-state index in [1.54, 1.807) is 12.1 Å². The Bertz CT molecular complexity index is 696. The molecule has 0 saturated carbocycles. The highest BCUT2D eigenvalue weighted by atomic mass is 16.2. The van der Waals surface area contributed by atoms with E-state index in [4.69, 9.17) is 0 Å². The van der Waals surface area contributed by atoms with Gasteiger partial charge in [0, 0.05) is 11.1 Å². The van der Waals surface area contributed by atoms with Crippen LogP contribution in [0.5, 0.6) is 0 Å². The third-order valence-corrected chi connectivity index (χ3v) is 3.61. The van der Waals surface area contributed by atoms with Crippen molar-refractivity contribution in [3.05, 3.63) is 59.2 Å². The van der Waals surface area contributed by atoms with Crippen molar-refractivity contribution in [3.8, 4) is 11.1 Å². The molecule has 0 amide bonds. The SMILES string of the molecule is CC(C)c1cccc2c1C(=O)C(=O)c1ccccc1-2. The van der Waals surface area contributed by atoms with Gasteiger partial charge >= 0.3 is 0 Å². The van der Waals surface area contributed by atoms with Crippen molar-refractivity contribution in [2.24, 2.45) is 0 Å². The fourth-order valence-corrected chi connectivity index (χ4v) is 2.68. The Morgan fingerprint density at radius 3 is 2.05 bits per heavy atom. The summed E-state index contributed by atoms with van der Waals surface area (Å²) in [6.07, 6.45) is 0. The highest BCUT2D eigenvalue weighted by molar-refractivity contribution is 6.53. The van der Waals surface area contributed by atoms with Crippen molar-refractivity contribution in [2.75, 3.05) is 0 Å². The number of benzene rings is 2. The second kappa shape index (κ2) is 4.16. The van der Waals surface area contributed by atoms with Crippen LogP contribution >= 0.6 is 0 Å². The average molecular weight is 250 g/mol. The minimum absolute atomic E-state index is 0.219. The van der Waals surface area contributed by atoms with Gasteiger partial charge in [-0.25, -0.2) is 0 Å². The van der Waals surface area contributed by atoms with Crippen molar-refractivity contribution in [3.63, 3.8) is 0 Å². The zero-order valence-electron chi connectivity index (χ0n) is 10.9. The number of hydrogen-bond donors (Lipinski definition) is 0. The second-order valence-corrected chi connectivity index (χ2v) is 5.13. The van der Waals surface area contributed by atoms with Gasteiger partial charge in [0.25, 0.3) is 0 Å². The summed E-state index contributed by atoms with van der Waals surface area (Å²) < 4.78 is 0. The lowest BCUT2D eigenvalue weighted by molar-refractivity contribution is 0.0814. The summed E-state index contributed by atoms with van der Waals surface area (Å²) in [6.45, 7) is 4.07. The van der Waals surface area contributed by atoms with Crippen LogP contribution in [-0.4, -0.2) is 11.6 Å². The first-order chi connectivity index (χ1) is 9.11. The lowest BCUT2D eigenvalue weighted by Gasteiger charge is -2.21. The highest BCUT2D eigenvalue weighted by Crippen LogP contribution is 2.36. The van der Waals surface area contributed by atoms with E-state index >= 15 is 0 Å². The number of fused-ring (bicyclic) bond motifs is 3.